The average molecular weight is 440 g/mol. The number of phenols is 1. The minimum atomic E-state index is -3.77. The van der Waals surface area contributed by atoms with Crippen LogP contribution in [-0.2, 0) is 19.6 Å². The van der Waals surface area contributed by atoms with E-state index in [-0.39, 0.29) is 21.4 Å². The molecule has 1 unspecified atom stereocenters. The van der Waals surface area contributed by atoms with Gasteiger partial charge in [0.1, 0.15) is 16.0 Å². The van der Waals surface area contributed by atoms with E-state index in [0.29, 0.717) is 26.3 Å². The second-order valence-corrected chi connectivity index (χ2v) is 9.26. The molecule has 3 rings (SSSR count). The third kappa shape index (κ3) is 5.05. The molecule has 0 radical (unpaired) electrons. The van der Waals surface area contributed by atoms with Crippen molar-refractivity contribution < 1.29 is 27.9 Å². The van der Waals surface area contributed by atoms with Crippen LogP contribution >= 0.6 is 11.3 Å². The predicted molar refractivity (Wildman–Crippen MR) is 108 cm³/mol. The van der Waals surface area contributed by atoms with Gasteiger partial charge in [-0.05, 0) is 30.5 Å². The van der Waals surface area contributed by atoms with Crippen molar-refractivity contribution >= 4 is 38.9 Å². The van der Waals surface area contributed by atoms with E-state index in [1.807, 2.05) is 0 Å². The molecule has 0 saturated carbocycles. The molecule has 1 aromatic heterocycles. The standard InChI is InChI=1S/C18H21N3O6S2/c1-12(18(24)21-6-8-27-9-7-21)19-17(23)14-5-4-13(11-15(14)22)20-29(25,26)16-3-2-10-28-16/h2-5,10-12,20,22H,6-9H2,1H3,(H,19,23). The number of aromatic hydroxyl groups is 1. The third-order valence-corrected chi connectivity index (χ3v) is 7.07. The summed E-state index contributed by atoms with van der Waals surface area (Å²) in [6.45, 7) is 3.40. The fourth-order valence-electron chi connectivity index (χ4n) is 2.80. The molecule has 0 spiro atoms. The van der Waals surface area contributed by atoms with Gasteiger partial charge in [-0.2, -0.15) is 0 Å². The summed E-state index contributed by atoms with van der Waals surface area (Å²) < 4.78 is 32.2. The van der Waals surface area contributed by atoms with Crippen LogP contribution < -0.4 is 10.0 Å². The molecule has 11 heteroatoms. The third-order valence-electron chi connectivity index (χ3n) is 4.30. The molecule has 1 fully saturated rings. The summed E-state index contributed by atoms with van der Waals surface area (Å²) in [6, 6.07) is 6.11. The Balaban J connectivity index is 1.66. The van der Waals surface area contributed by atoms with E-state index in [0.717, 1.165) is 17.4 Å². The molecule has 0 aliphatic carbocycles. The number of amides is 2. The number of ether oxygens (including phenoxy) is 1. The number of nitrogens with one attached hydrogen (secondary N) is 2. The molecule has 2 aromatic rings. The number of sulfonamides is 1. The molecule has 29 heavy (non-hydrogen) atoms. The summed E-state index contributed by atoms with van der Waals surface area (Å²) in [5.74, 6) is -1.27. The Bertz CT molecular complexity index is 985. The molecule has 3 N–H and O–H groups in total. The molecule has 2 heterocycles. The lowest BCUT2D eigenvalue weighted by Crippen LogP contribution is -2.50. The summed E-state index contributed by atoms with van der Waals surface area (Å²) in [6.07, 6.45) is 0. The molecule has 2 amide bonds. The van der Waals surface area contributed by atoms with Gasteiger partial charge in [0.2, 0.25) is 5.91 Å². The minimum absolute atomic E-state index is 0.0642. The number of carbonyl (C=O) groups is 2. The molecular formula is C18H21N3O6S2. The zero-order chi connectivity index (χ0) is 21.0. The van der Waals surface area contributed by atoms with E-state index in [2.05, 4.69) is 10.0 Å². The summed E-state index contributed by atoms with van der Waals surface area (Å²) >= 11 is 1.06. The number of morpholine rings is 1. The van der Waals surface area contributed by atoms with Crippen molar-refractivity contribution in [2.75, 3.05) is 31.0 Å². The molecule has 1 aliphatic rings. The highest BCUT2D eigenvalue weighted by Gasteiger charge is 2.25. The predicted octanol–water partition coefficient (Wildman–Crippen LogP) is 1.23. The van der Waals surface area contributed by atoms with Crippen LogP contribution in [0.3, 0.4) is 0 Å². The van der Waals surface area contributed by atoms with Crippen LogP contribution in [0.15, 0.2) is 39.9 Å². The zero-order valence-corrected chi connectivity index (χ0v) is 17.3. The van der Waals surface area contributed by atoms with Crippen LogP contribution in [-0.4, -0.2) is 62.6 Å². The van der Waals surface area contributed by atoms with Crippen molar-refractivity contribution in [3.8, 4) is 5.75 Å². The number of anilines is 1. The first-order chi connectivity index (χ1) is 13.8. The van der Waals surface area contributed by atoms with Gasteiger partial charge in [-0.1, -0.05) is 6.07 Å². The van der Waals surface area contributed by atoms with Crippen LogP contribution in [0.25, 0.3) is 0 Å². The quantitative estimate of drug-likeness (QED) is 0.622. The van der Waals surface area contributed by atoms with E-state index >= 15 is 0 Å². The molecule has 1 aromatic carbocycles. The van der Waals surface area contributed by atoms with Crippen molar-refractivity contribution in [2.45, 2.75) is 17.2 Å². The second-order valence-electron chi connectivity index (χ2n) is 6.40. The Morgan fingerprint density at radius 2 is 1.97 bits per heavy atom. The SMILES string of the molecule is CC(NC(=O)c1ccc(NS(=O)(=O)c2cccs2)cc1O)C(=O)N1CCOCC1. The molecule has 1 aliphatic heterocycles. The molecule has 9 nitrogen and oxygen atoms in total. The first-order valence-corrected chi connectivity index (χ1v) is 11.2. The van der Waals surface area contributed by atoms with Crippen molar-refractivity contribution in [1.29, 1.82) is 0 Å². The van der Waals surface area contributed by atoms with Crippen LogP contribution in [0, 0.1) is 0 Å². The molecule has 1 saturated heterocycles. The summed E-state index contributed by atoms with van der Waals surface area (Å²) in [5, 5.41) is 14.4. The molecule has 156 valence electrons. The number of carbonyl (C=O) groups excluding carboxylic acids is 2. The second kappa shape index (κ2) is 8.80. The molecule has 0 bridgehead atoms. The van der Waals surface area contributed by atoms with Crippen LogP contribution in [0.2, 0.25) is 0 Å². The average Bonchev–Trinajstić information content (AvgIpc) is 3.23. The Kier molecular flexibility index (Phi) is 6.40. The molecular weight excluding hydrogens is 418 g/mol. The van der Waals surface area contributed by atoms with Gasteiger partial charge in [0.25, 0.3) is 15.9 Å². The fraction of sp³-hybridized carbons (Fsp3) is 0.333. The number of phenolic OH excluding ortho intramolecular Hbond substituents is 1. The molecule has 1 atom stereocenters. The maximum absolute atomic E-state index is 12.4. The summed E-state index contributed by atoms with van der Waals surface area (Å²) in [7, 11) is -3.77. The number of nitrogens with zero attached hydrogens (tertiary/aromatic N) is 1. The Morgan fingerprint density at radius 1 is 1.24 bits per heavy atom. The number of thiophene rings is 1. The van der Waals surface area contributed by atoms with Crippen molar-refractivity contribution in [3.63, 3.8) is 0 Å². The normalized spacial score (nSPS) is 15.6. The first-order valence-electron chi connectivity index (χ1n) is 8.84. The van der Waals surface area contributed by atoms with E-state index < -0.39 is 27.7 Å². The first kappa shape index (κ1) is 21.1. The van der Waals surface area contributed by atoms with Gasteiger partial charge in [-0.25, -0.2) is 8.42 Å². The smallest absolute Gasteiger partial charge is 0.271 e. The highest BCUT2D eigenvalue weighted by Crippen LogP contribution is 2.25. The van der Waals surface area contributed by atoms with Crippen LogP contribution in [0.1, 0.15) is 17.3 Å². The Hall–Kier alpha value is -2.63. The highest BCUT2D eigenvalue weighted by molar-refractivity contribution is 7.94. The summed E-state index contributed by atoms with van der Waals surface area (Å²) in [5.41, 5.74) is 0.0515. The Morgan fingerprint density at radius 3 is 2.59 bits per heavy atom. The van der Waals surface area contributed by atoms with E-state index in [9.17, 15) is 23.1 Å². The number of rotatable bonds is 6. The maximum atomic E-state index is 12.4. The van der Waals surface area contributed by atoms with Crippen molar-refractivity contribution in [3.05, 3.63) is 41.3 Å². The fourth-order valence-corrected chi connectivity index (χ4v) is 4.85. The highest BCUT2D eigenvalue weighted by atomic mass is 32.2. The van der Waals surface area contributed by atoms with E-state index in [1.165, 1.54) is 18.2 Å². The minimum Gasteiger partial charge on any atom is -0.507 e. The lowest BCUT2D eigenvalue weighted by molar-refractivity contribution is -0.136. The van der Waals surface area contributed by atoms with Gasteiger partial charge >= 0.3 is 0 Å². The Labute approximate surface area is 172 Å². The summed E-state index contributed by atoms with van der Waals surface area (Å²) in [4.78, 5) is 26.4. The van der Waals surface area contributed by atoms with Gasteiger partial charge in [0, 0.05) is 19.2 Å². The van der Waals surface area contributed by atoms with Crippen LogP contribution in [0.5, 0.6) is 5.75 Å². The lowest BCUT2D eigenvalue weighted by atomic mass is 10.1. The van der Waals surface area contributed by atoms with Gasteiger partial charge in [0.05, 0.1) is 24.5 Å². The topological polar surface area (TPSA) is 125 Å². The van der Waals surface area contributed by atoms with E-state index in [1.54, 1.807) is 23.3 Å². The monoisotopic (exact) mass is 439 g/mol. The van der Waals surface area contributed by atoms with Gasteiger partial charge < -0.3 is 20.1 Å². The zero-order valence-electron chi connectivity index (χ0n) is 15.6. The lowest BCUT2D eigenvalue weighted by Gasteiger charge is -2.29. The van der Waals surface area contributed by atoms with Gasteiger partial charge in [-0.3, -0.25) is 14.3 Å². The van der Waals surface area contributed by atoms with Gasteiger partial charge in [-0.15, -0.1) is 11.3 Å². The van der Waals surface area contributed by atoms with Crippen molar-refractivity contribution in [1.82, 2.24) is 10.2 Å². The maximum Gasteiger partial charge on any atom is 0.271 e. The number of benzene rings is 1. The number of hydrogen-bond donors (Lipinski definition) is 3. The van der Waals surface area contributed by atoms with Crippen LogP contribution in [0.4, 0.5) is 5.69 Å². The van der Waals surface area contributed by atoms with E-state index in [4.69, 9.17) is 4.74 Å². The largest absolute Gasteiger partial charge is 0.507 e. The van der Waals surface area contributed by atoms with Crippen molar-refractivity contribution in [2.24, 2.45) is 0 Å². The van der Waals surface area contributed by atoms with Gasteiger partial charge in [0.15, 0.2) is 0 Å². The number of hydrogen-bond acceptors (Lipinski definition) is 7.